The van der Waals surface area contributed by atoms with E-state index in [0.717, 1.165) is 11.4 Å². The maximum absolute atomic E-state index is 11.5. The van der Waals surface area contributed by atoms with E-state index in [1.165, 1.54) is 0 Å². The number of rotatable bonds is 3. The van der Waals surface area contributed by atoms with Crippen molar-refractivity contribution in [1.82, 2.24) is 5.32 Å². The molecule has 2 N–H and O–H groups in total. The van der Waals surface area contributed by atoms with E-state index in [1.54, 1.807) is 13.1 Å². The maximum Gasteiger partial charge on any atom is 0.251 e. The van der Waals surface area contributed by atoms with Crippen molar-refractivity contribution in [2.45, 2.75) is 0 Å². The quantitative estimate of drug-likeness (QED) is 0.845. The van der Waals surface area contributed by atoms with Gasteiger partial charge in [-0.25, -0.2) is 0 Å². The number of hydrogen-bond donors (Lipinski definition) is 2. The van der Waals surface area contributed by atoms with Crippen molar-refractivity contribution in [2.75, 3.05) is 12.4 Å². The van der Waals surface area contributed by atoms with Gasteiger partial charge in [0.05, 0.1) is 0 Å². The van der Waals surface area contributed by atoms with Gasteiger partial charge >= 0.3 is 0 Å². The summed E-state index contributed by atoms with van der Waals surface area (Å²) >= 11 is 0. The lowest BCUT2D eigenvalue weighted by molar-refractivity contribution is 0.0963. The first-order valence-corrected chi connectivity index (χ1v) is 5.44. The number of carbonyl (C=O) groups excluding carboxylic acids is 1. The fraction of sp³-hybridized carbons (Fsp3) is 0.0714. The van der Waals surface area contributed by atoms with Crippen LogP contribution in [0.2, 0.25) is 0 Å². The highest BCUT2D eigenvalue weighted by Gasteiger charge is 2.03. The van der Waals surface area contributed by atoms with Crippen LogP contribution in [0.5, 0.6) is 0 Å². The Balaban J connectivity index is 2.20. The van der Waals surface area contributed by atoms with Gasteiger partial charge in [0.1, 0.15) is 0 Å². The van der Waals surface area contributed by atoms with Crippen LogP contribution in [-0.2, 0) is 0 Å². The summed E-state index contributed by atoms with van der Waals surface area (Å²) in [6.45, 7) is 0. The number of hydrogen-bond acceptors (Lipinski definition) is 2. The van der Waals surface area contributed by atoms with Gasteiger partial charge in [-0.1, -0.05) is 24.3 Å². The molecule has 86 valence electrons. The first-order valence-electron chi connectivity index (χ1n) is 5.44. The van der Waals surface area contributed by atoms with E-state index >= 15 is 0 Å². The summed E-state index contributed by atoms with van der Waals surface area (Å²) in [5, 5.41) is 5.85. The van der Waals surface area contributed by atoms with Crippen LogP contribution in [-0.4, -0.2) is 13.0 Å². The predicted molar refractivity (Wildman–Crippen MR) is 69.6 cm³/mol. The molecule has 0 unspecified atom stereocenters. The average molecular weight is 226 g/mol. The monoisotopic (exact) mass is 226 g/mol. The van der Waals surface area contributed by atoms with E-state index < -0.39 is 0 Å². The summed E-state index contributed by atoms with van der Waals surface area (Å²) < 4.78 is 0. The van der Waals surface area contributed by atoms with Crippen molar-refractivity contribution in [3.05, 3.63) is 60.2 Å². The molecule has 0 saturated carbocycles. The van der Waals surface area contributed by atoms with Gasteiger partial charge in [0.15, 0.2) is 0 Å². The minimum atomic E-state index is -0.0817. The lowest BCUT2D eigenvalue weighted by Crippen LogP contribution is -2.17. The van der Waals surface area contributed by atoms with Crippen molar-refractivity contribution in [3.8, 4) is 0 Å². The Hall–Kier alpha value is -2.29. The second-order valence-electron chi connectivity index (χ2n) is 3.65. The lowest BCUT2D eigenvalue weighted by atomic mass is 10.2. The Morgan fingerprint density at radius 2 is 1.65 bits per heavy atom. The van der Waals surface area contributed by atoms with Gasteiger partial charge in [-0.15, -0.1) is 0 Å². The molecule has 0 aliphatic heterocycles. The fourth-order valence-electron chi connectivity index (χ4n) is 1.57. The number of anilines is 2. The van der Waals surface area contributed by atoms with E-state index in [-0.39, 0.29) is 5.91 Å². The van der Waals surface area contributed by atoms with Crippen LogP contribution in [0.1, 0.15) is 10.4 Å². The van der Waals surface area contributed by atoms with Crippen LogP contribution < -0.4 is 10.6 Å². The molecule has 17 heavy (non-hydrogen) atoms. The molecule has 0 aliphatic carbocycles. The molecule has 0 saturated heterocycles. The number of nitrogens with one attached hydrogen (secondary N) is 2. The summed E-state index contributed by atoms with van der Waals surface area (Å²) in [5.74, 6) is -0.0817. The van der Waals surface area contributed by atoms with E-state index in [2.05, 4.69) is 10.6 Å². The minimum absolute atomic E-state index is 0.0817. The number of carbonyl (C=O) groups is 1. The molecule has 0 fully saturated rings. The van der Waals surface area contributed by atoms with Gasteiger partial charge in [-0.2, -0.15) is 0 Å². The molecule has 2 rings (SSSR count). The molecule has 0 aliphatic rings. The van der Waals surface area contributed by atoms with Crippen molar-refractivity contribution in [3.63, 3.8) is 0 Å². The molecule has 2 aromatic rings. The van der Waals surface area contributed by atoms with Crippen molar-refractivity contribution in [1.29, 1.82) is 0 Å². The third-order valence-corrected chi connectivity index (χ3v) is 2.41. The normalized spacial score (nSPS) is 9.71. The molecule has 0 heterocycles. The van der Waals surface area contributed by atoms with Crippen LogP contribution in [0.15, 0.2) is 54.6 Å². The lowest BCUT2D eigenvalue weighted by Gasteiger charge is -2.07. The molecule has 0 bridgehead atoms. The van der Waals surface area contributed by atoms with Crippen LogP contribution >= 0.6 is 0 Å². The summed E-state index contributed by atoms with van der Waals surface area (Å²) in [6.07, 6.45) is 0. The second-order valence-corrected chi connectivity index (χ2v) is 3.65. The minimum Gasteiger partial charge on any atom is -0.356 e. The number of para-hydroxylation sites is 1. The molecule has 3 heteroatoms. The average Bonchev–Trinajstić information content (AvgIpc) is 2.39. The Labute approximate surface area is 100 Å². The number of benzene rings is 2. The van der Waals surface area contributed by atoms with Crippen molar-refractivity contribution < 1.29 is 4.79 Å². The Morgan fingerprint density at radius 3 is 2.35 bits per heavy atom. The zero-order valence-electron chi connectivity index (χ0n) is 9.60. The maximum atomic E-state index is 11.5. The molecular weight excluding hydrogens is 212 g/mol. The molecule has 0 aromatic heterocycles. The molecule has 0 spiro atoms. The van der Waals surface area contributed by atoms with Crippen molar-refractivity contribution >= 4 is 17.3 Å². The van der Waals surface area contributed by atoms with Crippen LogP contribution in [0.25, 0.3) is 0 Å². The molecule has 1 amide bonds. The summed E-state index contributed by atoms with van der Waals surface area (Å²) in [7, 11) is 1.62. The van der Waals surface area contributed by atoms with Crippen molar-refractivity contribution in [2.24, 2.45) is 0 Å². The zero-order valence-corrected chi connectivity index (χ0v) is 9.60. The van der Waals surface area contributed by atoms with E-state index in [9.17, 15) is 4.79 Å². The molecule has 0 atom stereocenters. The standard InChI is InChI=1S/C14H14N2O/c1-15-14(17)11-6-5-9-13(10-11)16-12-7-3-2-4-8-12/h2-10,16H,1H3,(H,15,17). The third kappa shape index (κ3) is 2.84. The van der Waals surface area contributed by atoms with Crippen LogP contribution in [0.3, 0.4) is 0 Å². The highest BCUT2D eigenvalue weighted by Crippen LogP contribution is 2.17. The van der Waals surface area contributed by atoms with Gasteiger partial charge in [0.25, 0.3) is 5.91 Å². The van der Waals surface area contributed by atoms with E-state index in [1.807, 2.05) is 48.5 Å². The Bertz CT molecular complexity index is 509. The summed E-state index contributed by atoms with van der Waals surface area (Å²) in [4.78, 5) is 11.5. The van der Waals surface area contributed by atoms with Crippen LogP contribution in [0, 0.1) is 0 Å². The Morgan fingerprint density at radius 1 is 0.941 bits per heavy atom. The van der Waals surface area contributed by atoms with Crippen LogP contribution in [0.4, 0.5) is 11.4 Å². The molecule has 3 nitrogen and oxygen atoms in total. The van der Waals surface area contributed by atoms with Gasteiger partial charge in [0, 0.05) is 24.0 Å². The van der Waals surface area contributed by atoms with Gasteiger partial charge in [-0.05, 0) is 30.3 Å². The van der Waals surface area contributed by atoms with Gasteiger partial charge < -0.3 is 10.6 Å². The third-order valence-electron chi connectivity index (χ3n) is 2.41. The van der Waals surface area contributed by atoms with E-state index in [0.29, 0.717) is 5.56 Å². The second kappa shape index (κ2) is 5.16. The number of amides is 1. The zero-order chi connectivity index (χ0) is 12.1. The predicted octanol–water partition coefficient (Wildman–Crippen LogP) is 2.79. The largest absolute Gasteiger partial charge is 0.356 e. The highest BCUT2D eigenvalue weighted by molar-refractivity contribution is 5.95. The first kappa shape index (κ1) is 11.2. The summed E-state index contributed by atoms with van der Waals surface area (Å²) in [6, 6.07) is 17.2. The smallest absolute Gasteiger partial charge is 0.251 e. The molecular formula is C14H14N2O. The molecule has 2 aromatic carbocycles. The van der Waals surface area contributed by atoms with Gasteiger partial charge in [0.2, 0.25) is 0 Å². The fourth-order valence-corrected chi connectivity index (χ4v) is 1.57. The molecule has 0 radical (unpaired) electrons. The SMILES string of the molecule is CNC(=O)c1cccc(Nc2ccccc2)c1. The summed E-state index contributed by atoms with van der Waals surface area (Å²) in [5.41, 5.74) is 2.55. The van der Waals surface area contributed by atoms with E-state index in [4.69, 9.17) is 0 Å². The van der Waals surface area contributed by atoms with Gasteiger partial charge in [-0.3, -0.25) is 4.79 Å². The first-order chi connectivity index (χ1) is 8.29. The topological polar surface area (TPSA) is 41.1 Å². The Kier molecular flexibility index (Phi) is 3.40. The highest BCUT2D eigenvalue weighted by atomic mass is 16.1.